The van der Waals surface area contributed by atoms with E-state index in [1.807, 2.05) is 0 Å². The summed E-state index contributed by atoms with van der Waals surface area (Å²) in [5, 5.41) is 12.8. The first kappa shape index (κ1) is 25.2. The number of esters is 1. The van der Waals surface area contributed by atoms with Crippen LogP contribution in [0.3, 0.4) is 0 Å². The van der Waals surface area contributed by atoms with E-state index in [0.29, 0.717) is 12.0 Å². The summed E-state index contributed by atoms with van der Waals surface area (Å²) in [6.07, 6.45) is 0.646. The quantitative estimate of drug-likeness (QED) is 0.192. The van der Waals surface area contributed by atoms with Gasteiger partial charge in [-0.1, -0.05) is 12.1 Å². The molecule has 2 saturated carbocycles. The van der Waals surface area contributed by atoms with Crippen molar-refractivity contribution in [2.45, 2.75) is 24.1 Å². The van der Waals surface area contributed by atoms with E-state index in [0.717, 1.165) is 4.90 Å². The smallest absolute Gasteiger partial charge is 0.338 e. The lowest BCUT2D eigenvalue weighted by molar-refractivity contribution is -0.385. The fourth-order valence-corrected chi connectivity index (χ4v) is 6.56. The van der Waals surface area contributed by atoms with Crippen molar-refractivity contribution in [3.05, 3.63) is 63.7 Å². The van der Waals surface area contributed by atoms with Gasteiger partial charge in [-0.25, -0.2) is 4.79 Å². The maximum atomic E-state index is 13.2. The van der Waals surface area contributed by atoms with E-state index < -0.39 is 35.2 Å². The number of rotatable bonds is 6. The van der Waals surface area contributed by atoms with Crippen LogP contribution < -0.4 is 10.2 Å². The van der Waals surface area contributed by atoms with Gasteiger partial charge in [-0.05, 0) is 49.4 Å². The zero-order chi connectivity index (χ0) is 26.6. The minimum Gasteiger partial charge on any atom is -0.452 e. The molecule has 6 atom stereocenters. The van der Waals surface area contributed by atoms with Crippen LogP contribution in [-0.2, 0) is 19.1 Å². The highest BCUT2D eigenvalue weighted by Crippen LogP contribution is 2.59. The molecule has 0 radical (unpaired) electrons. The molecule has 3 aliphatic rings. The molecule has 10 nitrogen and oxygen atoms in total. The highest BCUT2D eigenvalue weighted by atomic mass is 35.5. The third-order valence-electron chi connectivity index (χ3n) is 7.35. The van der Waals surface area contributed by atoms with Gasteiger partial charge in [0.05, 0.1) is 38.8 Å². The Kier molecular flexibility index (Phi) is 6.41. The lowest BCUT2D eigenvalue weighted by Gasteiger charge is -2.28. The second-order valence-corrected chi connectivity index (χ2v) is 10.5. The van der Waals surface area contributed by atoms with Gasteiger partial charge in [-0.2, -0.15) is 0 Å². The molecule has 1 saturated heterocycles. The van der Waals surface area contributed by atoms with Crippen molar-refractivity contribution in [3.63, 3.8) is 0 Å². The van der Waals surface area contributed by atoms with Gasteiger partial charge in [0.1, 0.15) is 0 Å². The number of hydrogen-bond acceptors (Lipinski definition) is 7. The number of carbonyl (C=O) groups is 4. The van der Waals surface area contributed by atoms with Crippen molar-refractivity contribution in [2.24, 2.45) is 23.7 Å². The topological polar surface area (TPSA) is 136 Å². The lowest BCUT2D eigenvalue weighted by Crippen LogP contribution is -2.37. The van der Waals surface area contributed by atoms with E-state index in [2.05, 4.69) is 5.32 Å². The number of fused-ring (bicyclic) bond motifs is 5. The van der Waals surface area contributed by atoms with Crippen molar-refractivity contribution >= 4 is 64.0 Å². The number of nitrogens with one attached hydrogen (secondary N) is 1. The van der Waals surface area contributed by atoms with Gasteiger partial charge in [-0.15, -0.1) is 23.2 Å². The molecule has 2 aromatic rings. The Morgan fingerprint density at radius 2 is 1.73 bits per heavy atom. The average molecular weight is 546 g/mol. The molecule has 3 amide bonds. The molecule has 3 fully saturated rings. The number of halogens is 2. The van der Waals surface area contributed by atoms with E-state index in [1.165, 1.54) is 36.4 Å². The van der Waals surface area contributed by atoms with Crippen molar-refractivity contribution in [3.8, 4) is 0 Å². The Labute approximate surface area is 221 Å². The van der Waals surface area contributed by atoms with Crippen molar-refractivity contribution < 1.29 is 28.8 Å². The molecule has 192 valence electrons. The average Bonchev–Trinajstić information content (AvgIpc) is 3.48. The number of imide groups is 1. The summed E-state index contributed by atoms with van der Waals surface area (Å²) >= 11 is 12.8. The van der Waals surface area contributed by atoms with E-state index in [9.17, 15) is 29.3 Å². The first-order valence-corrected chi connectivity index (χ1v) is 12.4. The predicted octanol–water partition coefficient (Wildman–Crippen LogP) is 3.67. The molecular formula is C25H21Cl2N3O7. The minimum absolute atomic E-state index is 0.0438. The highest BCUT2D eigenvalue weighted by Gasteiger charge is 2.66. The van der Waals surface area contributed by atoms with Crippen molar-refractivity contribution in [2.75, 3.05) is 16.8 Å². The number of ether oxygens (including phenoxy) is 1. The normalized spacial score (nSPS) is 27.8. The van der Waals surface area contributed by atoms with Gasteiger partial charge < -0.3 is 10.1 Å². The number of alkyl halides is 2. The molecular weight excluding hydrogens is 525 g/mol. The monoisotopic (exact) mass is 545 g/mol. The number of nitrogens with zero attached hydrogens (tertiary/aromatic N) is 2. The number of amides is 3. The van der Waals surface area contributed by atoms with Gasteiger partial charge >= 0.3 is 5.97 Å². The molecule has 2 aromatic carbocycles. The fraction of sp³-hybridized carbons (Fsp3) is 0.360. The van der Waals surface area contributed by atoms with Gasteiger partial charge in [0.25, 0.3) is 11.6 Å². The maximum absolute atomic E-state index is 13.2. The molecule has 5 rings (SSSR count). The first-order valence-electron chi connectivity index (χ1n) is 11.6. The summed E-state index contributed by atoms with van der Waals surface area (Å²) in [5.41, 5.74) is 0.738. The highest BCUT2D eigenvalue weighted by molar-refractivity contribution is 6.32. The predicted molar refractivity (Wildman–Crippen MR) is 134 cm³/mol. The molecule has 1 N–H and O–H groups in total. The van der Waals surface area contributed by atoms with E-state index in [-0.39, 0.29) is 57.0 Å². The zero-order valence-corrected chi connectivity index (χ0v) is 20.9. The number of carbonyl (C=O) groups excluding carboxylic acids is 4. The van der Waals surface area contributed by atoms with Gasteiger partial charge in [-0.3, -0.25) is 29.4 Å². The van der Waals surface area contributed by atoms with Crippen LogP contribution in [0.25, 0.3) is 0 Å². The van der Waals surface area contributed by atoms with Crippen LogP contribution in [0.5, 0.6) is 0 Å². The molecule has 37 heavy (non-hydrogen) atoms. The first-order chi connectivity index (χ1) is 17.6. The SMILES string of the molecule is Cc1ccc(NC(=O)COC(=O)c2cccc(N3C(=O)[C@@H]4[C@H]5C[C@@H]([C@H](Cl)[C@@H]5Cl)[C@@H]4C3=O)c2)cc1[N+](=O)[O-]. The van der Waals surface area contributed by atoms with Crippen LogP contribution in [0, 0.1) is 40.7 Å². The van der Waals surface area contributed by atoms with Gasteiger partial charge in [0, 0.05) is 17.3 Å². The van der Waals surface area contributed by atoms with Crippen LogP contribution >= 0.6 is 23.2 Å². The van der Waals surface area contributed by atoms with Crippen LogP contribution in [0.4, 0.5) is 17.1 Å². The Morgan fingerprint density at radius 1 is 1.08 bits per heavy atom. The van der Waals surface area contributed by atoms with Crippen molar-refractivity contribution in [1.82, 2.24) is 0 Å². The summed E-state index contributed by atoms with van der Waals surface area (Å²) in [7, 11) is 0. The molecule has 2 aliphatic carbocycles. The second-order valence-electron chi connectivity index (χ2n) is 9.45. The number of anilines is 2. The minimum atomic E-state index is -0.840. The largest absolute Gasteiger partial charge is 0.452 e. The maximum Gasteiger partial charge on any atom is 0.338 e. The fourth-order valence-electron chi connectivity index (χ4n) is 5.67. The second kappa shape index (κ2) is 9.42. The molecule has 0 spiro atoms. The van der Waals surface area contributed by atoms with Crippen LogP contribution in [0.15, 0.2) is 42.5 Å². The zero-order valence-electron chi connectivity index (χ0n) is 19.4. The Balaban J connectivity index is 1.25. The number of nitro groups is 1. The molecule has 12 heteroatoms. The van der Waals surface area contributed by atoms with E-state index in [4.69, 9.17) is 27.9 Å². The summed E-state index contributed by atoms with van der Waals surface area (Å²) < 4.78 is 5.07. The third kappa shape index (κ3) is 4.23. The molecule has 0 unspecified atom stereocenters. The molecule has 2 bridgehead atoms. The summed E-state index contributed by atoms with van der Waals surface area (Å²) in [5.74, 6) is -3.61. The summed E-state index contributed by atoms with van der Waals surface area (Å²) in [4.78, 5) is 62.8. The van der Waals surface area contributed by atoms with Gasteiger partial charge in [0.15, 0.2) is 6.61 Å². The Morgan fingerprint density at radius 3 is 2.35 bits per heavy atom. The third-order valence-corrected chi connectivity index (χ3v) is 8.67. The summed E-state index contributed by atoms with van der Waals surface area (Å²) in [6, 6.07) is 10.1. The molecule has 0 aromatic heterocycles. The molecule has 1 aliphatic heterocycles. The van der Waals surface area contributed by atoms with Crippen LogP contribution in [0.2, 0.25) is 0 Å². The Bertz CT molecular complexity index is 1320. The molecule has 1 heterocycles. The number of benzene rings is 2. The number of nitro benzene ring substituents is 1. The van der Waals surface area contributed by atoms with Crippen molar-refractivity contribution in [1.29, 1.82) is 0 Å². The van der Waals surface area contributed by atoms with Crippen LogP contribution in [-0.4, -0.2) is 46.0 Å². The lowest BCUT2D eigenvalue weighted by atomic mass is 9.80. The van der Waals surface area contributed by atoms with Crippen LogP contribution in [0.1, 0.15) is 22.3 Å². The van der Waals surface area contributed by atoms with E-state index >= 15 is 0 Å². The van der Waals surface area contributed by atoms with E-state index in [1.54, 1.807) is 13.0 Å². The van der Waals surface area contributed by atoms with Gasteiger partial charge in [0.2, 0.25) is 11.8 Å². The number of aryl methyl sites for hydroxylation is 1. The standard InChI is InChI=1S/C25H21Cl2N3O7/c1-11-5-6-13(8-17(11)30(35)36)28-18(31)10-37-25(34)12-3-2-4-14(7-12)29-23(32)19-15-9-16(20(19)24(29)33)22(27)21(15)26/h2-8,15-16,19-22H,9-10H2,1H3,(H,28,31)/t15-,16-,19-,20+,21-,22+/m1/s1. The Hall–Kier alpha value is -3.50. The summed E-state index contributed by atoms with van der Waals surface area (Å²) in [6.45, 7) is 0.927. The number of hydrogen-bond donors (Lipinski definition) is 1.